The Morgan fingerprint density at radius 2 is 1.75 bits per heavy atom. The molecule has 3 rings (SSSR count). The lowest BCUT2D eigenvalue weighted by atomic mass is 9.94. The fraction of sp³-hybridized carbons (Fsp3) is 0.458. The van der Waals surface area contributed by atoms with Gasteiger partial charge in [0.25, 0.3) is 0 Å². The third kappa shape index (κ3) is 5.83. The highest BCUT2D eigenvalue weighted by Crippen LogP contribution is 2.24. The van der Waals surface area contributed by atoms with Gasteiger partial charge in [0, 0.05) is 30.6 Å². The van der Waals surface area contributed by atoms with Gasteiger partial charge in [0.1, 0.15) is 0 Å². The molecule has 0 atom stereocenters. The molecule has 4 heteroatoms. The Hall–Kier alpha value is -1.84. The SMILES string of the molecule is CCCCN(Cc1ccccc1)C(=O)C1CCN(Cc2ccccc2Cl)CC1. The van der Waals surface area contributed by atoms with E-state index in [1.54, 1.807) is 0 Å². The van der Waals surface area contributed by atoms with Crippen molar-refractivity contribution in [2.75, 3.05) is 19.6 Å². The van der Waals surface area contributed by atoms with Crippen molar-refractivity contribution >= 4 is 17.5 Å². The zero-order valence-corrected chi connectivity index (χ0v) is 17.6. The van der Waals surface area contributed by atoms with E-state index in [9.17, 15) is 4.79 Å². The molecule has 1 amide bonds. The van der Waals surface area contributed by atoms with Crippen molar-refractivity contribution in [2.24, 2.45) is 5.92 Å². The quantitative estimate of drug-likeness (QED) is 0.595. The minimum Gasteiger partial charge on any atom is -0.338 e. The Morgan fingerprint density at radius 3 is 2.43 bits per heavy atom. The van der Waals surface area contributed by atoms with Crippen LogP contribution in [-0.2, 0) is 17.9 Å². The van der Waals surface area contributed by atoms with Crippen LogP contribution < -0.4 is 0 Å². The number of hydrogen-bond acceptors (Lipinski definition) is 2. The van der Waals surface area contributed by atoms with Crippen LogP contribution in [0.2, 0.25) is 5.02 Å². The fourth-order valence-electron chi connectivity index (χ4n) is 3.88. The highest BCUT2D eigenvalue weighted by Gasteiger charge is 2.28. The Balaban J connectivity index is 1.56. The van der Waals surface area contributed by atoms with Gasteiger partial charge in [-0.25, -0.2) is 0 Å². The summed E-state index contributed by atoms with van der Waals surface area (Å²) >= 11 is 6.30. The molecule has 0 aromatic heterocycles. The van der Waals surface area contributed by atoms with Gasteiger partial charge in [-0.15, -0.1) is 0 Å². The summed E-state index contributed by atoms with van der Waals surface area (Å²) in [6.07, 6.45) is 4.03. The van der Waals surface area contributed by atoms with E-state index in [1.807, 2.05) is 36.4 Å². The van der Waals surface area contributed by atoms with Gasteiger partial charge in [0.05, 0.1) is 0 Å². The molecule has 1 heterocycles. The van der Waals surface area contributed by atoms with Crippen LogP contribution in [0.5, 0.6) is 0 Å². The summed E-state index contributed by atoms with van der Waals surface area (Å²) in [5, 5.41) is 0.828. The van der Waals surface area contributed by atoms with E-state index in [0.717, 1.165) is 63.4 Å². The van der Waals surface area contributed by atoms with Gasteiger partial charge in [-0.2, -0.15) is 0 Å². The maximum absolute atomic E-state index is 13.2. The molecule has 0 N–H and O–H groups in total. The maximum atomic E-state index is 13.2. The average Bonchev–Trinajstić information content (AvgIpc) is 2.73. The Kier molecular flexibility index (Phi) is 7.93. The lowest BCUT2D eigenvalue weighted by Gasteiger charge is -2.34. The molecule has 3 nitrogen and oxygen atoms in total. The van der Waals surface area contributed by atoms with Crippen molar-refractivity contribution in [3.63, 3.8) is 0 Å². The molecule has 2 aromatic rings. The highest BCUT2D eigenvalue weighted by molar-refractivity contribution is 6.31. The van der Waals surface area contributed by atoms with E-state index in [2.05, 4.69) is 34.9 Å². The summed E-state index contributed by atoms with van der Waals surface area (Å²) < 4.78 is 0. The molecule has 2 aromatic carbocycles. The molecule has 150 valence electrons. The molecule has 0 radical (unpaired) electrons. The van der Waals surface area contributed by atoms with Crippen LogP contribution in [0.3, 0.4) is 0 Å². The van der Waals surface area contributed by atoms with Crippen LogP contribution in [0.15, 0.2) is 54.6 Å². The molecular formula is C24H31ClN2O. The molecule has 0 aliphatic carbocycles. The number of carbonyl (C=O) groups is 1. The number of nitrogens with zero attached hydrogens (tertiary/aromatic N) is 2. The summed E-state index contributed by atoms with van der Waals surface area (Å²) in [5.41, 5.74) is 2.38. The zero-order valence-electron chi connectivity index (χ0n) is 16.8. The molecule has 1 aliphatic rings. The number of piperidine rings is 1. The number of unbranched alkanes of at least 4 members (excludes halogenated alkanes) is 1. The average molecular weight is 399 g/mol. The van der Waals surface area contributed by atoms with Crippen molar-refractivity contribution in [1.82, 2.24) is 9.80 Å². The smallest absolute Gasteiger partial charge is 0.226 e. The first-order valence-corrected chi connectivity index (χ1v) is 10.8. The third-order valence-corrected chi connectivity index (χ3v) is 5.97. The number of likely N-dealkylation sites (tertiary alicyclic amines) is 1. The number of amides is 1. The van der Waals surface area contributed by atoms with Crippen molar-refractivity contribution < 1.29 is 4.79 Å². The summed E-state index contributed by atoms with van der Waals surface area (Å²) in [6, 6.07) is 18.4. The summed E-state index contributed by atoms with van der Waals surface area (Å²) in [4.78, 5) is 17.7. The van der Waals surface area contributed by atoms with Gasteiger partial charge < -0.3 is 4.90 Å². The molecule has 0 bridgehead atoms. The second-order valence-electron chi connectivity index (χ2n) is 7.74. The normalized spacial score (nSPS) is 15.5. The minimum absolute atomic E-state index is 0.142. The van der Waals surface area contributed by atoms with Crippen LogP contribution in [0.25, 0.3) is 0 Å². The van der Waals surface area contributed by atoms with Gasteiger partial charge in [-0.05, 0) is 49.5 Å². The van der Waals surface area contributed by atoms with Crippen molar-refractivity contribution in [3.05, 3.63) is 70.7 Å². The van der Waals surface area contributed by atoms with Crippen LogP contribution in [0.4, 0.5) is 0 Å². The maximum Gasteiger partial charge on any atom is 0.226 e. The van der Waals surface area contributed by atoms with Crippen LogP contribution >= 0.6 is 11.6 Å². The van der Waals surface area contributed by atoms with Crippen LogP contribution in [0.1, 0.15) is 43.7 Å². The highest BCUT2D eigenvalue weighted by atomic mass is 35.5. The first kappa shape index (κ1) is 20.9. The van der Waals surface area contributed by atoms with E-state index < -0.39 is 0 Å². The standard InChI is InChI=1S/C24H31ClN2O/c1-2-3-15-27(18-20-9-5-4-6-10-20)24(28)21-13-16-26(17-14-21)19-22-11-7-8-12-23(22)25/h4-12,21H,2-3,13-19H2,1H3. The summed E-state index contributed by atoms with van der Waals surface area (Å²) in [6.45, 7) is 6.52. The number of benzene rings is 2. The van der Waals surface area contributed by atoms with E-state index in [4.69, 9.17) is 11.6 Å². The van der Waals surface area contributed by atoms with Gasteiger partial charge in [0.15, 0.2) is 0 Å². The zero-order chi connectivity index (χ0) is 19.8. The van der Waals surface area contributed by atoms with Crippen LogP contribution in [0, 0.1) is 5.92 Å². The van der Waals surface area contributed by atoms with Crippen molar-refractivity contribution in [3.8, 4) is 0 Å². The first-order chi connectivity index (χ1) is 13.7. The van der Waals surface area contributed by atoms with E-state index >= 15 is 0 Å². The second-order valence-corrected chi connectivity index (χ2v) is 8.15. The molecule has 28 heavy (non-hydrogen) atoms. The van der Waals surface area contributed by atoms with Gasteiger partial charge >= 0.3 is 0 Å². The Labute approximate surface area is 174 Å². The van der Waals surface area contributed by atoms with E-state index in [0.29, 0.717) is 5.91 Å². The third-order valence-electron chi connectivity index (χ3n) is 5.60. The predicted molar refractivity (Wildman–Crippen MR) is 116 cm³/mol. The molecule has 1 aliphatic heterocycles. The Morgan fingerprint density at radius 1 is 1.07 bits per heavy atom. The Bertz CT molecular complexity index is 741. The lowest BCUT2D eigenvalue weighted by molar-refractivity contribution is -0.137. The van der Waals surface area contributed by atoms with Crippen molar-refractivity contribution in [2.45, 2.75) is 45.7 Å². The largest absolute Gasteiger partial charge is 0.338 e. The predicted octanol–water partition coefficient (Wildman–Crippen LogP) is 5.38. The van der Waals surface area contributed by atoms with Crippen molar-refractivity contribution in [1.29, 1.82) is 0 Å². The molecule has 0 unspecified atom stereocenters. The van der Waals surface area contributed by atoms with Gasteiger partial charge in [0.2, 0.25) is 5.91 Å². The molecule has 0 spiro atoms. The molecular weight excluding hydrogens is 368 g/mol. The lowest BCUT2D eigenvalue weighted by Crippen LogP contribution is -2.42. The first-order valence-electron chi connectivity index (χ1n) is 10.5. The fourth-order valence-corrected chi connectivity index (χ4v) is 4.08. The van der Waals surface area contributed by atoms with E-state index in [-0.39, 0.29) is 5.92 Å². The van der Waals surface area contributed by atoms with Crippen LogP contribution in [-0.4, -0.2) is 35.3 Å². The molecule has 1 fully saturated rings. The number of carbonyl (C=O) groups excluding carboxylic acids is 1. The summed E-state index contributed by atoms with van der Waals surface area (Å²) in [5.74, 6) is 0.470. The topological polar surface area (TPSA) is 23.6 Å². The summed E-state index contributed by atoms with van der Waals surface area (Å²) in [7, 11) is 0. The number of hydrogen-bond donors (Lipinski definition) is 0. The number of rotatable bonds is 8. The number of halogens is 1. The van der Waals surface area contributed by atoms with Gasteiger partial charge in [-0.1, -0.05) is 73.5 Å². The molecule has 0 saturated carbocycles. The monoisotopic (exact) mass is 398 g/mol. The molecule has 1 saturated heterocycles. The van der Waals surface area contributed by atoms with Gasteiger partial charge in [-0.3, -0.25) is 9.69 Å². The second kappa shape index (κ2) is 10.6. The van der Waals surface area contributed by atoms with E-state index in [1.165, 1.54) is 11.1 Å². The minimum atomic E-state index is 0.142.